The Kier molecular flexibility index (Phi) is 4.76. The largest absolute Gasteiger partial charge is 0.329 e. The molecule has 94 valence electrons. The van der Waals surface area contributed by atoms with Crippen LogP contribution in [0.25, 0.3) is 0 Å². The number of aromatic nitrogens is 2. The maximum absolute atomic E-state index is 5.83. The van der Waals surface area contributed by atoms with Gasteiger partial charge in [-0.2, -0.15) is 0 Å². The molecular weight excluding hydrogens is 232 g/mol. The van der Waals surface area contributed by atoms with Gasteiger partial charge in [0.2, 0.25) is 0 Å². The molecule has 17 heavy (non-hydrogen) atoms. The third kappa shape index (κ3) is 3.18. The maximum Gasteiger partial charge on any atom is 0.119 e. The van der Waals surface area contributed by atoms with Crippen LogP contribution in [0.2, 0.25) is 0 Å². The van der Waals surface area contributed by atoms with Crippen LogP contribution in [0.3, 0.4) is 0 Å². The van der Waals surface area contributed by atoms with E-state index in [1.54, 1.807) is 24.2 Å². The fourth-order valence-electron chi connectivity index (χ4n) is 2.36. The number of hydrogen-bond acceptors (Lipinski definition) is 5. The second kappa shape index (κ2) is 6.33. The van der Waals surface area contributed by atoms with Crippen LogP contribution in [0.1, 0.15) is 25.0 Å². The second-order valence-electron chi connectivity index (χ2n) is 4.37. The topological polar surface area (TPSA) is 55.0 Å². The van der Waals surface area contributed by atoms with Crippen LogP contribution >= 0.6 is 11.8 Å². The molecule has 1 atom stereocenters. The number of piperidine rings is 1. The summed E-state index contributed by atoms with van der Waals surface area (Å²) in [7, 11) is 0. The van der Waals surface area contributed by atoms with Crippen molar-refractivity contribution >= 4 is 11.8 Å². The quantitative estimate of drug-likeness (QED) is 0.823. The van der Waals surface area contributed by atoms with Crippen LogP contribution in [0.5, 0.6) is 0 Å². The molecule has 0 saturated carbocycles. The zero-order valence-corrected chi connectivity index (χ0v) is 11.1. The molecule has 1 aliphatic heterocycles. The van der Waals surface area contributed by atoms with E-state index in [9.17, 15) is 0 Å². The van der Waals surface area contributed by atoms with Gasteiger partial charge in [0, 0.05) is 31.5 Å². The van der Waals surface area contributed by atoms with Gasteiger partial charge < -0.3 is 5.73 Å². The van der Waals surface area contributed by atoms with Crippen molar-refractivity contribution in [2.45, 2.75) is 36.9 Å². The highest BCUT2D eigenvalue weighted by Gasteiger charge is 2.22. The third-order valence-corrected chi connectivity index (χ3v) is 4.03. The number of hydrogen-bond donors (Lipinski definition) is 1. The minimum Gasteiger partial charge on any atom is -0.329 e. The smallest absolute Gasteiger partial charge is 0.119 e. The summed E-state index contributed by atoms with van der Waals surface area (Å²) in [6, 6.07) is 0.514. The van der Waals surface area contributed by atoms with E-state index in [4.69, 9.17) is 5.73 Å². The summed E-state index contributed by atoms with van der Waals surface area (Å²) in [5, 5.41) is 1.04. The van der Waals surface area contributed by atoms with Gasteiger partial charge in [-0.3, -0.25) is 9.88 Å². The van der Waals surface area contributed by atoms with E-state index in [-0.39, 0.29) is 0 Å². The number of thioether (sulfide) groups is 1. The van der Waals surface area contributed by atoms with Crippen molar-refractivity contribution in [3.8, 4) is 0 Å². The molecule has 1 fully saturated rings. The summed E-state index contributed by atoms with van der Waals surface area (Å²) >= 11 is 1.66. The molecule has 1 saturated heterocycles. The van der Waals surface area contributed by atoms with Gasteiger partial charge in [-0.05, 0) is 25.6 Å². The minimum absolute atomic E-state index is 0.514. The number of nitrogens with zero attached hydrogens (tertiary/aromatic N) is 3. The Morgan fingerprint density at radius 3 is 3.00 bits per heavy atom. The van der Waals surface area contributed by atoms with Gasteiger partial charge in [0.25, 0.3) is 0 Å². The molecule has 1 aliphatic rings. The Hall–Kier alpha value is -0.650. The first-order valence-corrected chi connectivity index (χ1v) is 7.35. The van der Waals surface area contributed by atoms with Gasteiger partial charge in [0.05, 0.1) is 5.69 Å². The molecule has 0 bridgehead atoms. The third-order valence-electron chi connectivity index (χ3n) is 3.30. The molecule has 5 heteroatoms. The van der Waals surface area contributed by atoms with Crippen molar-refractivity contribution < 1.29 is 0 Å². The minimum atomic E-state index is 0.514. The molecule has 0 aromatic carbocycles. The Morgan fingerprint density at radius 2 is 2.24 bits per heavy atom. The molecule has 0 spiro atoms. The van der Waals surface area contributed by atoms with E-state index in [2.05, 4.69) is 14.9 Å². The number of nitrogens with two attached hydrogens (primary N) is 1. The van der Waals surface area contributed by atoms with Crippen molar-refractivity contribution in [2.75, 3.05) is 19.3 Å². The summed E-state index contributed by atoms with van der Waals surface area (Å²) in [5.74, 6) is 0. The zero-order valence-electron chi connectivity index (χ0n) is 10.3. The van der Waals surface area contributed by atoms with Gasteiger partial charge in [0.1, 0.15) is 5.03 Å². The van der Waals surface area contributed by atoms with Gasteiger partial charge in [-0.25, -0.2) is 4.98 Å². The van der Waals surface area contributed by atoms with Gasteiger partial charge >= 0.3 is 0 Å². The molecule has 2 rings (SSSR count). The van der Waals surface area contributed by atoms with E-state index < -0.39 is 0 Å². The highest BCUT2D eigenvalue weighted by atomic mass is 32.2. The van der Waals surface area contributed by atoms with Crippen molar-refractivity contribution in [1.29, 1.82) is 0 Å². The monoisotopic (exact) mass is 252 g/mol. The summed E-state index contributed by atoms with van der Waals surface area (Å²) < 4.78 is 0. The van der Waals surface area contributed by atoms with Crippen LogP contribution in [-0.4, -0.2) is 40.3 Å². The average Bonchev–Trinajstić information content (AvgIpc) is 2.40. The molecule has 4 nitrogen and oxygen atoms in total. The lowest BCUT2D eigenvalue weighted by atomic mass is 10.0. The fraction of sp³-hybridized carbons (Fsp3) is 0.667. The van der Waals surface area contributed by atoms with E-state index in [0.717, 1.165) is 30.4 Å². The van der Waals surface area contributed by atoms with E-state index in [1.165, 1.54) is 19.3 Å². The second-order valence-corrected chi connectivity index (χ2v) is 5.16. The van der Waals surface area contributed by atoms with Crippen molar-refractivity contribution in [1.82, 2.24) is 14.9 Å². The fourth-order valence-corrected chi connectivity index (χ4v) is 2.88. The molecule has 1 aromatic rings. The average molecular weight is 252 g/mol. The highest BCUT2D eigenvalue weighted by molar-refractivity contribution is 7.98. The first-order valence-electron chi connectivity index (χ1n) is 6.13. The van der Waals surface area contributed by atoms with E-state index in [1.807, 2.05) is 6.26 Å². The predicted octanol–water partition coefficient (Wildman–Crippen LogP) is 1.51. The van der Waals surface area contributed by atoms with Crippen LogP contribution in [0.15, 0.2) is 17.4 Å². The van der Waals surface area contributed by atoms with Crippen molar-refractivity contribution in [3.63, 3.8) is 0 Å². The molecule has 0 radical (unpaired) electrons. The Balaban J connectivity index is 2.08. The molecule has 1 unspecified atom stereocenters. The highest BCUT2D eigenvalue weighted by Crippen LogP contribution is 2.21. The van der Waals surface area contributed by atoms with Gasteiger partial charge in [-0.1, -0.05) is 6.42 Å². The Labute approximate surface area is 107 Å². The lowest BCUT2D eigenvalue weighted by Crippen LogP contribution is -2.43. The normalized spacial score (nSPS) is 21.6. The van der Waals surface area contributed by atoms with Crippen molar-refractivity contribution in [2.24, 2.45) is 5.73 Å². The molecular formula is C12H20N4S. The predicted molar refractivity (Wildman–Crippen MR) is 70.9 cm³/mol. The van der Waals surface area contributed by atoms with Gasteiger partial charge in [-0.15, -0.1) is 11.8 Å². The molecule has 1 aromatic heterocycles. The maximum atomic E-state index is 5.83. The molecule has 2 heterocycles. The lowest BCUT2D eigenvalue weighted by molar-refractivity contribution is 0.141. The van der Waals surface area contributed by atoms with Crippen LogP contribution in [0, 0.1) is 0 Å². The van der Waals surface area contributed by atoms with Crippen molar-refractivity contribution in [3.05, 3.63) is 18.1 Å². The Bertz CT molecular complexity index is 358. The van der Waals surface area contributed by atoms with Crippen LogP contribution in [0.4, 0.5) is 0 Å². The van der Waals surface area contributed by atoms with Gasteiger partial charge in [0.15, 0.2) is 0 Å². The zero-order chi connectivity index (χ0) is 12.1. The number of rotatable bonds is 4. The van der Waals surface area contributed by atoms with Crippen LogP contribution < -0.4 is 5.73 Å². The number of likely N-dealkylation sites (tertiary alicyclic amines) is 1. The van der Waals surface area contributed by atoms with E-state index in [0.29, 0.717) is 6.04 Å². The first-order chi connectivity index (χ1) is 8.35. The summed E-state index contributed by atoms with van der Waals surface area (Å²) in [5.41, 5.74) is 6.92. The van der Waals surface area contributed by atoms with E-state index >= 15 is 0 Å². The summed E-state index contributed by atoms with van der Waals surface area (Å²) in [4.78, 5) is 11.3. The molecule has 0 aliphatic carbocycles. The summed E-state index contributed by atoms with van der Waals surface area (Å²) in [6.07, 6.45) is 9.36. The SMILES string of the molecule is CSc1nccnc1CN1CCCCC1CN. The molecule has 0 amide bonds. The first kappa shape index (κ1) is 12.8. The standard InChI is InChI=1S/C12H20N4S/c1-17-12-11(14-5-6-15-12)9-16-7-3-2-4-10(16)8-13/h5-6,10H,2-4,7-9,13H2,1H3. The summed E-state index contributed by atoms with van der Waals surface area (Å²) in [6.45, 7) is 2.76. The van der Waals surface area contributed by atoms with Crippen LogP contribution in [-0.2, 0) is 6.54 Å². The lowest BCUT2D eigenvalue weighted by Gasteiger charge is -2.34. The molecule has 2 N–H and O–H groups in total. The Morgan fingerprint density at radius 1 is 1.41 bits per heavy atom.